The van der Waals surface area contributed by atoms with Crippen LogP contribution in [0.2, 0.25) is 0 Å². The van der Waals surface area contributed by atoms with E-state index < -0.39 is 0 Å². The molecule has 2 aliphatic rings. The molecular weight excluding hydrogens is 294 g/mol. The summed E-state index contributed by atoms with van der Waals surface area (Å²) in [5.74, 6) is 0. The van der Waals surface area contributed by atoms with E-state index in [-0.39, 0.29) is 18.2 Å². The number of aromatic nitrogens is 2. The van der Waals surface area contributed by atoms with Crippen LogP contribution in [0, 0.1) is 0 Å². The lowest BCUT2D eigenvalue weighted by Gasteiger charge is -2.19. The molecule has 7 nitrogen and oxygen atoms in total. The van der Waals surface area contributed by atoms with Crippen molar-refractivity contribution in [3.8, 4) is 0 Å². The fourth-order valence-corrected chi connectivity index (χ4v) is 3.46. The van der Waals surface area contributed by atoms with Gasteiger partial charge >= 0.3 is 6.03 Å². The summed E-state index contributed by atoms with van der Waals surface area (Å²) >= 11 is 0. The Morgan fingerprint density at radius 1 is 1.43 bits per heavy atom. The Hall–Kier alpha value is -1.60. The quantitative estimate of drug-likeness (QED) is 0.801. The van der Waals surface area contributed by atoms with Crippen molar-refractivity contribution in [3.63, 3.8) is 0 Å². The monoisotopic (exact) mass is 321 g/mol. The van der Waals surface area contributed by atoms with Crippen LogP contribution in [0.1, 0.15) is 33.1 Å². The van der Waals surface area contributed by atoms with Gasteiger partial charge in [0.05, 0.1) is 36.7 Å². The fourth-order valence-electron chi connectivity index (χ4n) is 3.46. The minimum atomic E-state index is -0.172. The number of carbonyl (C=O) groups is 1. The highest BCUT2D eigenvalue weighted by molar-refractivity contribution is 5.89. The number of nitrogens with one attached hydrogen (secondary N) is 2. The van der Waals surface area contributed by atoms with Crippen molar-refractivity contribution >= 4 is 11.7 Å². The van der Waals surface area contributed by atoms with Crippen molar-refractivity contribution in [1.29, 1.82) is 0 Å². The summed E-state index contributed by atoms with van der Waals surface area (Å²) in [4.78, 5) is 14.4. The fraction of sp³-hybridized carbons (Fsp3) is 0.750. The molecule has 2 bridgehead atoms. The van der Waals surface area contributed by atoms with Crippen molar-refractivity contribution < 1.29 is 9.53 Å². The van der Waals surface area contributed by atoms with Crippen molar-refractivity contribution in [3.05, 3.63) is 12.4 Å². The Bertz CT molecular complexity index is 528. The molecule has 7 heteroatoms. The highest BCUT2D eigenvalue weighted by Gasteiger charge is 2.41. The Labute approximate surface area is 137 Å². The van der Waals surface area contributed by atoms with Crippen LogP contribution in [0.25, 0.3) is 0 Å². The number of fused-ring (bicyclic) bond motifs is 2. The van der Waals surface area contributed by atoms with Crippen LogP contribution >= 0.6 is 0 Å². The minimum absolute atomic E-state index is 0.145. The number of urea groups is 1. The molecule has 0 aromatic carbocycles. The number of ether oxygens (including phenoxy) is 1. The number of amides is 2. The maximum absolute atomic E-state index is 12.1. The Morgan fingerprint density at radius 3 is 2.91 bits per heavy atom. The Morgan fingerprint density at radius 2 is 2.26 bits per heavy atom. The van der Waals surface area contributed by atoms with Gasteiger partial charge in [0.15, 0.2) is 0 Å². The average Bonchev–Trinajstić information content (AvgIpc) is 3.25. The van der Waals surface area contributed by atoms with Crippen molar-refractivity contribution in [2.75, 3.05) is 25.0 Å². The normalized spacial score (nSPS) is 26.0. The summed E-state index contributed by atoms with van der Waals surface area (Å²) in [6.07, 6.45) is 7.22. The number of likely N-dealkylation sites (N-methyl/N-ethyl adjacent to an activating group) is 1. The lowest BCUT2D eigenvalue weighted by atomic mass is 9.96. The molecule has 3 heterocycles. The molecule has 2 amide bonds. The van der Waals surface area contributed by atoms with E-state index in [1.807, 2.05) is 10.9 Å². The number of hydrogen-bond acceptors (Lipinski definition) is 4. The van der Waals surface area contributed by atoms with Crippen LogP contribution in [0.4, 0.5) is 10.5 Å². The molecule has 23 heavy (non-hydrogen) atoms. The molecule has 128 valence electrons. The first-order valence-corrected chi connectivity index (χ1v) is 8.65. The van der Waals surface area contributed by atoms with Gasteiger partial charge in [-0.3, -0.25) is 4.68 Å². The molecule has 2 aliphatic heterocycles. The lowest BCUT2D eigenvalue weighted by Crippen LogP contribution is -2.43. The summed E-state index contributed by atoms with van der Waals surface area (Å²) in [5.41, 5.74) is 0.728. The Balaban J connectivity index is 1.44. The smallest absolute Gasteiger partial charge is 0.319 e. The van der Waals surface area contributed by atoms with Gasteiger partial charge in [-0.1, -0.05) is 13.8 Å². The number of anilines is 1. The van der Waals surface area contributed by atoms with Crippen LogP contribution in [-0.4, -0.2) is 58.6 Å². The van der Waals surface area contributed by atoms with Crippen molar-refractivity contribution in [1.82, 2.24) is 20.0 Å². The number of hydrogen-bond donors (Lipinski definition) is 2. The van der Waals surface area contributed by atoms with E-state index in [0.717, 1.165) is 51.1 Å². The largest absolute Gasteiger partial charge is 0.373 e. The van der Waals surface area contributed by atoms with Gasteiger partial charge in [-0.15, -0.1) is 0 Å². The van der Waals surface area contributed by atoms with E-state index in [9.17, 15) is 4.79 Å². The summed E-state index contributed by atoms with van der Waals surface area (Å²) in [6.45, 7) is 8.18. The van der Waals surface area contributed by atoms with Crippen LogP contribution in [0.5, 0.6) is 0 Å². The number of carbonyl (C=O) groups excluding carboxylic acids is 1. The van der Waals surface area contributed by atoms with Crippen LogP contribution < -0.4 is 10.6 Å². The van der Waals surface area contributed by atoms with Gasteiger partial charge in [0.2, 0.25) is 0 Å². The van der Waals surface area contributed by atoms with Crippen molar-refractivity contribution in [2.24, 2.45) is 0 Å². The highest BCUT2D eigenvalue weighted by atomic mass is 16.5. The van der Waals surface area contributed by atoms with Crippen LogP contribution in [-0.2, 0) is 11.3 Å². The minimum Gasteiger partial charge on any atom is -0.373 e. The van der Waals surface area contributed by atoms with E-state index in [2.05, 4.69) is 34.5 Å². The summed E-state index contributed by atoms with van der Waals surface area (Å²) < 4.78 is 7.62. The standard InChI is InChI=1S/C16H27N5O2/c1-3-20(4-2)7-8-21-11-12(10-17-21)18-16(22)19-14-9-13-5-6-15(14)23-13/h10-11,13-15H,3-9H2,1-2H3,(H2,18,19,22). The molecule has 0 spiro atoms. The first kappa shape index (κ1) is 16.3. The Kier molecular flexibility index (Phi) is 5.17. The molecule has 0 saturated carbocycles. The van der Waals surface area contributed by atoms with Gasteiger partial charge in [-0.25, -0.2) is 4.79 Å². The predicted molar refractivity (Wildman–Crippen MR) is 88.5 cm³/mol. The maximum atomic E-state index is 12.1. The lowest BCUT2D eigenvalue weighted by molar-refractivity contribution is 0.0984. The van der Waals surface area contributed by atoms with Crippen molar-refractivity contribution in [2.45, 2.75) is 57.9 Å². The first-order valence-electron chi connectivity index (χ1n) is 8.65. The van der Waals surface area contributed by atoms with E-state index in [0.29, 0.717) is 6.10 Å². The third kappa shape index (κ3) is 4.03. The SMILES string of the molecule is CCN(CC)CCn1cc(NC(=O)NC2CC3CCC2O3)cn1. The second-order valence-electron chi connectivity index (χ2n) is 6.33. The van der Waals surface area contributed by atoms with Gasteiger partial charge in [-0.2, -0.15) is 5.10 Å². The zero-order chi connectivity index (χ0) is 16.2. The van der Waals surface area contributed by atoms with Crippen LogP contribution in [0.3, 0.4) is 0 Å². The number of rotatable bonds is 7. The molecule has 0 radical (unpaired) electrons. The molecule has 0 aliphatic carbocycles. The average molecular weight is 321 g/mol. The van der Waals surface area contributed by atoms with E-state index >= 15 is 0 Å². The molecule has 2 saturated heterocycles. The zero-order valence-electron chi connectivity index (χ0n) is 14.0. The van der Waals surface area contributed by atoms with Gasteiger partial charge < -0.3 is 20.3 Å². The molecule has 1 aromatic rings. The summed E-state index contributed by atoms with van der Waals surface area (Å²) in [6, 6.07) is -0.0269. The predicted octanol–water partition coefficient (Wildman–Crippen LogP) is 1.67. The topological polar surface area (TPSA) is 71.4 Å². The molecule has 2 fully saturated rings. The third-order valence-corrected chi connectivity index (χ3v) is 4.85. The molecule has 1 aromatic heterocycles. The van der Waals surface area contributed by atoms with E-state index in [4.69, 9.17) is 4.74 Å². The molecule has 3 atom stereocenters. The third-order valence-electron chi connectivity index (χ3n) is 4.85. The van der Waals surface area contributed by atoms with Gasteiger partial charge in [-0.05, 0) is 32.4 Å². The van der Waals surface area contributed by atoms with Crippen LogP contribution in [0.15, 0.2) is 12.4 Å². The van der Waals surface area contributed by atoms with Gasteiger partial charge in [0.1, 0.15) is 0 Å². The highest BCUT2D eigenvalue weighted by Crippen LogP contribution is 2.34. The molecule has 3 unspecified atom stereocenters. The molecule has 3 rings (SSSR count). The summed E-state index contributed by atoms with van der Waals surface area (Å²) in [5, 5.41) is 10.2. The van der Waals surface area contributed by atoms with Gasteiger partial charge in [0, 0.05) is 12.7 Å². The molecule has 2 N–H and O–H groups in total. The van der Waals surface area contributed by atoms with E-state index in [1.165, 1.54) is 0 Å². The second-order valence-corrected chi connectivity index (χ2v) is 6.33. The van der Waals surface area contributed by atoms with E-state index in [1.54, 1.807) is 6.20 Å². The maximum Gasteiger partial charge on any atom is 0.319 e. The number of nitrogens with zero attached hydrogens (tertiary/aromatic N) is 3. The molecular formula is C16H27N5O2. The van der Waals surface area contributed by atoms with Gasteiger partial charge in [0.25, 0.3) is 0 Å². The second kappa shape index (κ2) is 7.31. The first-order chi connectivity index (χ1) is 11.2. The summed E-state index contributed by atoms with van der Waals surface area (Å²) in [7, 11) is 0. The zero-order valence-corrected chi connectivity index (χ0v) is 14.0.